The molecule has 1 fully saturated rings. The predicted octanol–water partition coefficient (Wildman–Crippen LogP) is 0.882. The minimum Gasteiger partial charge on any atom is -0.477 e. The zero-order valence-corrected chi connectivity index (χ0v) is 8.54. The van der Waals surface area contributed by atoms with Gasteiger partial charge in [0.05, 0.1) is 12.2 Å². The summed E-state index contributed by atoms with van der Waals surface area (Å²) in [6.45, 7) is 3.37. The SMILES string of the molecule is CC1(C)C[C@H]([C@@H](O)C(F)(F)C(=O)O)CO1. The van der Waals surface area contributed by atoms with Crippen molar-refractivity contribution >= 4 is 5.97 Å². The first-order valence-corrected chi connectivity index (χ1v) is 4.60. The Balaban J connectivity index is 2.70. The number of aliphatic hydroxyl groups is 1. The van der Waals surface area contributed by atoms with Gasteiger partial charge in [0.2, 0.25) is 0 Å². The maximum absolute atomic E-state index is 12.9. The van der Waals surface area contributed by atoms with Gasteiger partial charge in [-0.2, -0.15) is 8.78 Å². The van der Waals surface area contributed by atoms with Crippen LogP contribution in [0, 0.1) is 5.92 Å². The van der Waals surface area contributed by atoms with Gasteiger partial charge in [-0.15, -0.1) is 0 Å². The first-order chi connectivity index (χ1) is 6.67. The van der Waals surface area contributed by atoms with Crippen molar-refractivity contribution < 1.29 is 28.5 Å². The summed E-state index contributed by atoms with van der Waals surface area (Å²) in [5.41, 5.74) is -0.583. The number of carboxylic acids is 1. The van der Waals surface area contributed by atoms with Crippen molar-refractivity contribution in [1.82, 2.24) is 0 Å². The molecule has 0 saturated carbocycles. The van der Waals surface area contributed by atoms with Crippen molar-refractivity contribution in [1.29, 1.82) is 0 Å². The van der Waals surface area contributed by atoms with Crippen LogP contribution >= 0.6 is 0 Å². The van der Waals surface area contributed by atoms with E-state index in [1.807, 2.05) is 0 Å². The molecule has 1 heterocycles. The van der Waals surface area contributed by atoms with Gasteiger partial charge in [0, 0.05) is 5.92 Å². The van der Waals surface area contributed by atoms with Gasteiger partial charge in [0.25, 0.3) is 0 Å². The maximum atomic E-state index is 12.9. The Morgan fingerprint density at radius 2 is 2.13 bits per heavy atom. The molecule has 0 aromatic heterocycles. The second-order valence-corrected chi connectivity index (χ2v) is 4.41. The molecule has 0 amide bonds. The van der Waals surface area contributed by atoms with E-state index >= 15 is 0 Å². The van der Waals surface area contributed by atoms with E-state index in [4.69, 9.17) is 9.84 Å². The van der Waals surface area contributed by atoms with Gasteiger partial charge in [0.1, 0.15) is 6.10 Å². The largest absolute Gasteiger partial charge is 0.477 e. The summed E-state index contributed by atoms with van der Waals surface area (Å²) in [4.78, 5) is 10.2. The molecule has 4 nitrogen and oxygen atoms in total. The Hall–Kier alpha value is -0.750. The fraction of sp³-hybridized carbons (Fsp3) is 0.889. The predicted molar refractivity (Wildman–Crippen MR) is 46.7 cm³/mol. The first kappa shape index (κ1) is 12.3. The average Bonchev–Trinajstić information content (AvgIpc) is 2.44. The summed E-state index contributed by atoms with van der Waals surface area (Å²) in [7, 11) is 0. The normalized spacial score (nSPS) is 27.7. The maximum Gasteiger partial charge on any atom is 0.377 e. The molecule has 0 aliphatic carbocycles. The van der Waals surface area contributed by atoms with Crippen molar-refractivity contribution in [2.75, 3.05) is 6.61 Å². The minimum atomic E-state index is -4.12. The Bertz CT molecular complexity index is 265. The van der Waals surface area contributed by atoms with Crippen LogP contribution in [0.2, 0.25) is 0 Å². The zero-order chi connectivity index (χ0) is 11.9. The van der Waals surface area contributed by atoms with E-state index in [1.54, 1.807) is 13.8 Å². The first-order valence-electron chi connectivity index (χ1n) is 4.60. The van der Waals surface area contributed by atoms with Crippen molar-refractivity contribution in [3.8, 4) is 0 Å². The van der Waals surface area contributed by atoms with Crippen LogP contribution in [0.15, 0.2) is 0 Å². The third-order valence-electron chi connectivity index (χ3n) is 2.55. The molecule has 1 aliphatic rings. The number of alkyl halides is 2. The van der Waals surface area contributed by atoms with Crippen LogP contribution < -0.4 is 0 Å². The molecular formula is C9H14F2O4. The van der Waals surface area contributed by atoms with E-state index in [2.05, 4.69) is 0 Å². The van der Waals surface area contributed by atoms with E-state index in [0.717, 1.165) is 0 Å². The smallest absolute Gasteiger partial charge is 0.377 e. The molecule has 0 radical (unpaired) electrons. The van der Waals surface area contributed by atoms with Crippen LogP contribution in [-0.2, 0) is 9.53 Å². The fourth-order valence-corrected chi connectivity index (χ4v) is 1.71. The van der Waals surface area contributed by atoms with Gasteiger partial charge in [-0.1, -0.05) is 0 Å². The second kappa shape index (κ2) is 3.68. The lowest BCUT2D eigenvalue weighted by atomic mass is 9.90. The van der Waals surface area contributed by atoms with Crippen molar-refractivity contribution in [3.05, 3.63) is 0 Å². The molecule has 0 spiro atoms. The van der Waals surface area contributed by atoms with E-state index < -0.39 is 29.5 Å². The highest BCUT2D eigenvalue weighted by molar-refractivity contribution is 5.76. The highest BCUT2D eigenvalue weighted by atomic mass is 19.3. The Morgan fingerprint density at radius 1 is 1.60 bits per heavy atom. The molecule has 0 unspecified atom stereocenters. The van der Waals surface area contributed by atoms with E-state index in [1.165, 1.54) is 0 Å². The lowest BCUT2D eigenvalue weighted by molar-refractivity contribution is -0.187. The van der Waals surface area contributed by atoms with Crippen LogP contribution in [0.25, 0.3) is 0 Å². The molecule has 6 heteroatoms. The van der Waals surface area contributed by atoms with E-state index in [-0.39, 0.29) is 13.0 Å². The Kier molecular flexibility index (Phi) is 3.02. The lowest BCUT2D eigenvalue weighted by Gasteiger charge is -2.23. The van der Waals surface area contributed by atoms with Crippen LogP contribution in [0.5, 0.6) is 0 Å². The van der Waals surface area contributed by atoms with Gasteiger partial charge in [0.15, 0.2) is 0 Å². The fourth-order valence-electron chi connectivity index (χ4n) is 1.71. The van der Waals surface area contributed by atoms with Crippen LogP contribution in [0.1, 0.15) is 20.3 Å². The van der Waals surface area contributed by atoms with Crippen molar-refractivity contribution in [2.24, 2.45) is 5.92 Å². The van der Waals surface area contributed by atoms with Gasteiger partial charge >= 0.3 is 11.9 Å². The quantitative estimate of drug-likeness (QED) is 0.746. The number of hydrogen-bond donors (Lipinski definition) is 2. The highest BCUT2D eigenvalue weighted by Gasteiger charge is 2.53. The molecule has 2 N–H and O–H groups in total. The lowest BCUT2D eigenvalue weighted by Crippen LogP contribution is -2.46. The minimum absolute atomic E-state index is 0.0446. The number of carboxylic acid groups (broad SMARTS) is 1. The standard InChI is InChI=1S/C9H14F2O4/c1-8(2)3-5(4-15-8)6(12)9(10,11)7(13)14/h5-6,12H,3-4H2,1-2H3,(H,13,14)/t5-,6+/m0/s1. The molecule has 0 bridgehead atoms. The molecular weight excluding hydrogens is 210 g/mol. The summed E-state index contributed by atoms with van der Waals surface area (Å²) < 4.78 is 31.0. The Morgan fingerprint density at radius 3 is 2.47 bits per heavy atom. The Labute approximate surface area is 85.8 Å². The summed E-state index contributed by atoms with van der Waals surface area (Å²) in [6, 6.07) is 0. The van der Waals surface area contributed by atoms with Gasteiger partial charge in [-0.25, -0.2) is 4.79 Å². The topological polar surface area (TPSA) is 66.8 Å². The number of aliphatic hydroxyl groups excluding tert-OH is 1. The van der Waals surface area contributed by atoms with E-state index in [9.17, 15) is 18.7 Å². The summed E-state index contributed by atoms with van der Waals surface area (Å²) in [5, 5.41) is 17.5. The van der Waals surface area contributed by atoms with Crippen molar-refractivity contribution in [2.45, 2.75) is 37.9 Å². The molecule has 1 rings (SSSR count). The third-order valence-corrected chi connectivity index (χ3v) is 2.55. The molecule has 88 valence electrons. The van der Waals surface area contributed by atoms with E-state index in [0.29, 0.717) is 0 Å². The molecule has 0 aromatic carbocycles. The number of ether oxygens (including phenoxy) is 1. The van der Waals surface area contributed by atoms with Gasteiger partial charge in [-0.05, 0) is 20.3 Å². The second-order valence-electron chi connectivity index (χ2n) is 4.41. The summed E-state index contributed by atoms with van der Waals surface area (Å²) >= 11 is 0. The van der Waals surface area contributed by atoms with Crippen LogP contribution in [0.4, 0.5) is 8.78 Å². The molecule has 1 aliphatic heterocycles. The van der Waals surface area contributed by atoms with Crippen molar-refractivity contribution in [3.63, 3.8) is 0 Å². The number of hydrogen-bond acceptors (Lipinski definition) is 3. The number of halogens is 2. The van der Waals surface area contributed by atoms with Crippen LogP contribution in [0.3, 0.4) is 0 Å². The zero-order valence-electron chi connectivity index (χ0n) is 8.54. The average molecular weight is 224 g/mol. The van der Waals surface area contributed by atoms with Gasteiger partial charge in [-0.3, -0.25) is 0 Å². The molecule has 1 saturated heterocycles. The number of carbonyl (C=O) groups is 1. The molecule has 2 atom stereocenters. The third kappa shape index (κ3) is 2.43. The number of aliphatic carboxylic acids is 1. The number of rotatable bonds is 3. The molecule has 0 aromatic rings. The highest BCUT2D eigenvalue weighted by Crippen LogP contribution is 2.36. The van der Waals surface area contributed by atoms with Gasteiger partial charge < -0.3 is 14.9 Å². The van der Waals surface area contributed by atoms with Crippen LogP contribution in [-0.4, -0.2) is 40.4 Å². The monoisotopic (exact) mass is 224 g/mol. The summed E-state index contributed by atoms with van der Waals surface area (Å²) in [6.07, 6.45) is -1.98. The summed E-state index contributed by atoms with van der Waals surface area (Å²) in [5.74, 6) is -7.26. The molecule has 15 heavy (non-hydrogen) atoms.